The van der Waals surface area contributed by atoms with E-state index in [0.717, 1.165) is 36.9 Å². The Labute approximate surface area is 183 Å². The number of carbonyl (C=O) groups is 3. The number of nitrogens with zero attached hydrogens (tertiary/aromatic N) is 1. The minimum Gasteiger partial charge on any atom is -0.349 e. The Balaban J connectivity index is 0.00000256. The van der Waals surface area contributed by atoms with Crippen LogP contribution in [0.2, 0.25) is 0 Å². The molecule has 3 amide bonds. The minimum atomic E-state index is -0.224. The van der Waals surface area contributed by atoms with Crippen LogP contribution in [0.4, 0.5) is 5.69 Å². The molecule has 0 spiro atoms. The highest BCUT2D eigenvalue weighted by molar-refractivity contribution is 6.00. The second-order valence-corrected chi connectivity index (χ2v) is 8.73. The summed E-state index contributed by atoms with van der Waals surface area (Å²) in [7, 11) is 0. The predicted molar refractivity (Wildman–Crippen MR) is 118 cm³/mol. The van der Waals surface area contributed by atoms with Gasteiger partial charge in [-0.15, -0.1) is 12.4 Å². The van der Waals surface area contributed by atoms with Crippen molar-refractivity contribution in [3.05, 3.63) is 29.3 Å². The van der Waals surface area contributed by atoms with E-state index in [4.69, 9.17) is 5.73 Å². The van der Waals surface area contributed by atoms with Gasteiger partial charge in [-0.3, -0.25) is 14.4 Å². The lowest BCUT2D eigenvalue weighted by Crippen LogP contribution is -2.53. The number of carbonyl (C=O) groups excluding carboxylic acids is 3. The van der Waals surface area contributed by atoms with Gasteiger partial charge < -0.3 is 21.3 Å². The van der Waals surface area contributed by atoms with Gasteiger partial charge in [-0.25, -0.2) is 0 Å². The van der Waals surface area contributed by atoms with E-state index in [1.54, 1.807) is 11.0 Å². The lowest BCUT2D eigenvalue weighted by molar-refractivity contribution is -0.123. The summed E-state index contributed by atoms with van der Waals surface area (Å²) in [5.41, 5.74) is 8.67. The average molecular weight is 435 g/mol. The summed E-state index contributed by atoms with van der Waals surface area (Å²) < 4.78 is 0. The van der Waals surface area contributed by atoms with E-state index < -0.39 is 0 Å². The number of fused-ring (bicyclic) bond motifs is 3. The fraction of sp³-hybridized carbons (Fsp3) is 0.591. The van der Waals surface area contributed by atoms with Gasteiger partial charge in [0.1, 0.15) is 0 Å². The lowest BCUT2D eigenvalue weighted by Gasteiger charge is -2.45. The zero-order valence-electron chi connectivity index (χ0n) is 17.4. The van der Waals surface area contributed by atoms with Crippen molar-refractivity contribution >= 4 is 35.8 Å². The van der Waals surface area contributed by atoms with Crippen LogP contribution in [0.5, 0.6) is 0 Å². The summed E-state index contributed by atoms with van der Waals surface area (Å²) in [6, 6.07) is 6.03. The van der Waals surface area contributed by atoms with Gasteiger partial charge in [0.15, 0.2) is 0 Å². The van der Waals surface area contributed by atoms with Crippen molar-refractivity contribution in [2.24, 2.45) is 17.6 Å². The fourth-order valence-corrected chi connectivity index (χ4v) is 5.36. The maximum Gasteiger partial charge on any atom is 0.251 e. The third kappa shape index (κ3) is 4.62. The first kappa shape index (κ1) is 22.6. The van der Waals surface area contributed by atoms with Gasteiger partial charge in [-0.2, -0.15) is 0 Å². The molecule has 3 aliphatic rings. The molecule has 1 heterocycles. The number of anilines is 1. The van der Waals surface area contributed by atoms with Crippen LogP contribution in [0.15, 0.2) is 18.2 Å². The van der Waals surface area contributed by atoms with Crippen molar-refractivity contribution in [1.82, 2.24) is 10.6 Å². The monoisotopic (exact) mass is 434 g/mol. The third-order valence-electron chi connectivity index (χ3n) is 6.70. The normalized spacial score (nSPS) is 26.9. The molecule has 1 aromatic carbocycles. The molecule has 2 bridgehead atoms. The third-order valence-corrected chi connectivity index (χ3v) is 6.70. The minimum absolute atomic E-state index is 0. The second-order valence-electron chi connectivity index (χ2n) is 8.73. The van der Waals surface area contributed by atoms with Crippen molar-refractivity contribution < 1.29 is 14.4 Å². The number of hydrogen-bond acceptors (Lipinski definition) is 4. The van der Waals surface area contributed by atoms with E-state index in [9.17, 15) is 14.4 Å². The zero-order chi connectivity index (χ0) is 20.5. The lowest BCUT2D eigenvalue weighted by atomic mass is 9.67. The van der Waals surface area contributed by atoms with Crippen LogP contribution in [-0.4, -0.2) is 42.9 Å². The van der Waals surface area contributed by atoms with E-state index in [-0.39, 0.29) is 48.8 Å². The average Bonchev–Trinajstić information content (AvgIpc) is 3.10. The molecule has 4 N–H and O–H groups in total. The van der Waals surface area contributed by atoms with Crippen molar-refractivity contribution in [2.75, 3.05) is 18.0 Å². The van der Waals surface area contributed by atoms with Crippen LogP contribution >= 0.6 is 12.4 Å². The van der Waals surface area contributed by atoms with Gasteiger partial charge in [0.25, 0.3) is 5.91 Å². The smallest absolute Gasteiger partial charge is 0.251 e. The Morgan fingerprint density at radius 3 is 2.53 bits per heavy atom. The molecule has 164 valence electrons. The summed E-state index contributed by atoms with van der Waals surface area (Å²) in [4.78, 5) is 38.0. The first-order valence-corrected chi connectivity index (χ1v) is 10.7. The number of benzene rings is 1. The van der Waals surface area contributed by atoms with Crippen LogP contribution in [0.3, 0.4) is 0 Å². The molecular formula is C22H31ClN4O3. The largest absolute Gasteiger partial charge is 0.349 e. The molecule has 0 aromatic heterocycles. The van der Waals surface area contributed by atoms with Crippen LogP contribution < -0.4 is 21.3 Å². The highest BCUT2D eigenvalue weighted by Crippen LogP contribution is 2.40. The molecule has 2 aliphatic carbocycles. The highest BCUT2D eigenvalue weighted by Gasteiger charge is 2.40. The molecule has 0 radical (unpaired) electrons. The maximum atomic E-state index is 12.9. The van der Waals surface area contributed by atoms with Gasteiger partial charge in [0, 0.05) is 36.8 Å². The maximum absolute atomic E-state index is 12.9. The van der Waals surface area contributed by atoms with Gasteiger partial charge in [0.2, 0.25) is 11.8 Å². The molecule has 30 heavy (non-hydrogen) atoms. The Bertz CT molecular complexity index is 817. The van der Waals surface area contributed by atoms with Crippen molar-refractivity contribution in [3.63, 3.8) is 0 Å². The first-order chi connectivity index (χ1) is 13.9. The van der Waals surface area contributed by atoms with Crippen molar-refractivity contribution in [3.8, 4) is 0 Å². The quantitative estimate of drug-likeness (QED) is 0.671. The summed E-state index contributed by atoms with van der Waals surface area (Å²) in [6.45, 7) is 1.96. The second kappa shape index (κ2) is 9.35. The van der Waals surface area contributed by atoms with Crippen LogP contribution in [-0.2, 0) is 16.0 Å². The SMILES string of the molecule is CC(=O)NCC(=O)N1CCc2cc(C(=O)NC3C4CCCC3CC(N)C4)ccc21.Cl. The van der Waals surface area contributed by atoms with E-state index >= 15 is 0 Å². The molecular weight excluding hydrogens is 404 g/mol. The summed E-state index contributed by atoms with van der Waals surface area (Å²) in [6.07, 6.45) is 6.23. The topological polar surface area (TPSA) is 105 Å². The van der Waals surface area contributed by atoms with E-state index in [1.807, 2.05) is 12.1 Å². The number of nitrogens with one attached hydrogen (secondary N) is 2. The molecule has 1 aromatic rings. The van der Waals surface area contributed by atoms with E-state index in [2.05, 4.69) is 10.6 Å². The molecule has 8 heteroatoms. The predicted octanol–water partition coefficient (Wildman–Crippen LogP) is 1.77. The Kier molecular flexibility index (Phi) is 7.03. The Hall–Kier alpha value is -2.12. The highest BCUT2D eigenvalue weighted by atomic mass is 35.5. The van der Waals surface area contributed by atoms with E-state index in [0.29, 0.717) is 30.4 Å². The van der Waals surface area contributed by atoms with Gasteiger partial charge in [-0.1, -0.05) is 6.42 Å². The molecule has 2 atom stereocenters. The molecule has 2 fully saturated rings. The van der Waals surface area contributed by atoms with Crippen LogP contribution in [0, 0.1) is 11.8 Å². The van der Waals surface area contributed by atoms with Crippen molar-refractivity contribution in [2.45, 2.75) is 57.5 Å². The Morgan fingerprint density at radius 1 is 1.17 bits per heavy atom. The molecule has 2 saturated carbocycles. The summed E-state index contributed by atoms with van der Waals surface area (Å²) in [5, 5.41) is 5.84. The van der Waals surface area contributed by atoms with Gasteiger partial charge >= 0.3 is 0 Å². The standard InChI is InChI=1S/C22H30N4O3.ClH/c1-13(27)24-12-20(28)26-8-7-14-9-17(5-6-19(14)26)22(29)25-21-15-3-2-4-16(21)11-18(23)10-15;/h5-6,9,15-16,18,21H,2-4,7-8,10-12,23H2,1H3,(H,24,27)(H,25,29);1H. The fourth-order valence-electron chi connectivity index (χ4n) is 5.36. The number of halogens is 1. The number of nitrogens with two attached hydrogens (primary N) is 1. The molecule has 1 aliphatic heterocycles. The molecule has 4 rings (SSSR count). The van der Waals surface area contributed by atoms with E-state index in [1.165, 1.54) is 13.3 Å². The number of hydrogen-bond donors (Lipinski definition) is 3. The number of amides is 3. The summed E-state index contributed by atoms with van der Waals surface area (Å²) in [5.74, 6) is 0.574. The van der Waals surface area contributed by atoms with Crippen molar-refractivity contribution in [1.29, 1.82) is 0 Å². The summed E-state index contributed by atoms with van der Waals surface area (Å²) >= 11 is 0. The Morgan fingerprint density at radius 2 is 1.87 bits per heavy atom. The molecule has 2 unspecified atom stereocenters. The van der Waals surface area contributed by atoms with Crippen LogP contribution in [0.25, 0.3) is 0 Å². The van der Waals surface area contributed by atoms with Crippen LogP contribution in [0.1, 0.15) is 54.9 Å². The first-order valence-electron chi connectivity index (χ1n) is 10.7. The van der Waals surface area contributed by atoms with Gasteiger partial charge in [-0.05, 0) is 67.7 Å². The zero-order valence-corrected chi connectivity index (χ0v) is 18.2. The molecule has 7 nitrogen and oxygen atoms in total. The molecule has 0 saturated heterocycles. The number of rotatable bonds is 4. The van der Waals surface area contributed by atoms with Gasteiger partial charge in [0.05, 0.1) is 6.54 Å².